The highest BCUT2D eigenvalue weighted by atomic mass is 32.1. The fraction of sp³-hybridized carbons (Fsp3) is 0.576. The molecule has 0 amide bonds. The second-order valence-corrected chi connectivity index (χ2v) is 15.6. The Kier molecular flexibility index (Phi) is 6.58. The van der Waals surface area contributed by atoms with Crippen LogP contribution in [-0.4, -0.2) is 53.1 Å². The Morgan fingerprint density at radius 2 is 1.05 bits per heavy atom. The molecule has 1 spiro atoms. The van der Waals surface area contributed by atoms with E-state index in [0.717, 1.165) is 53.0 Å². The van der Waals surface area contributed by atoms with Gasteiger partial charge in [0.15, 0.2) is 34.6 Å². The van der Waals surface area contributed by atoms with Crippen molar-refractivity contribution in [2.75, 3.05) is 0 Å². The highest BCUT2D eigenvalue weighted by Crippen LogP contribution is 2.63. The van der Waals surface area contributed by atoms with Gasteiger partial charge in [0.2, 0.25) is 0 Å². The quantitative estimate of drug-likeness (QED) is 0.347. The first-order chi connectivity index (χ1) is 21.1. The number of carbonyl (C=O) groups excluding carboxylic acids is 4. The van der Waals surface area contributed by atoms with Crippen molar-refractivity contribution < 1.29 is 32.3 Å². The Hall–Kier alpha value is -2.79. The Morgan fingerprint density at radius 3 is 1.50 bits per heavy atom. The normalized spacial score (nSPS) is 36.6. The van der Waals surface area contributed by atoms with Gasteiger partial charge in [0, 0.05) is 29.1 Å². The molecule has 0 radical (unpaired) electrons. The highest BCUT2D eigenvalue weighted by molar-refractivity contribution is 7.26. The van der Waals surface area contributed by atoms with Gasteiger partial charge in [-0.2, -0.15) is 0 Å². The summed E-state index contributed by atoms with van der Waals surface area (Å²) < 4.78 is 42.6. The number of rotatable bonds is 2. The summed E-state index contributed by atoms with van der Waals surface area (Å²) in [5.41, 5.74) is 1.66. The molecule has 0 bridgehead atoms. The van der Waals surface area contributed by atoms with E-state index in [4.69, 9.17) is 0 Å². The first-order valence-electron chi connectivity index (χ1n) is 15.6. The van der Waals surface area contributed by atoms with Gasteiger partial charge in [0.25, 0.3) is 0 Å². The van der Waals surface area contributed by atoms with Crippen molar-refractivity contribution in [3.8, 4) is 9.75 Å². The molecule has 0 aliphatic heterocycles. The number of alkyl halides is 3. The predicted octanol–water partition coefficient (Wildman–Crippen LogP) is 7.19. The lowest BCUT2D eigenvalue weighted by atomic mass is 9.68. The molecule has 0 saturated heterocycles. The van der Waals surface area contributed by atoms with Crippen LogP contribution >= 0.6 is 22.7 Å². The van der Waals surface area contributed by atoms with Gasteiger partial charge in [-0.05, 0) is 67.7 Å². The van der Waals surface area contributed by atoms with Gasteiger partial charge in [-0.15, -0.1) is 22.7 Å². The number of Topliss-reactive ketones (excluding diaryl/α,β-unsaturated/α-hetero) is 4. The van der Waals surface area contributed by atoms with Crippen molar-refractivity contribution in [3.63, 3.8) is 0 Å². The molecule has 5 saturated carbocycles. The van der Waals surface area contributed by atoms with Crippen LogP contribution in [0.5, 0.6) is 0 Å². The molecule has 5 fully saturated rings. The van der Waals surface area contributed by atoms with Crippen LogP contribution in [-0.2, 0) is 24.6 Å². The third-order valence-corrected chi connectivity index (χ3v) is 13.4. The third kappa shape index (κ3) is 4.03. The van der Waals surface area contributed by atoms with Crippen LogP contribution in [0.15, 0.2) is 22.1 Å². The molecule has 0 N–H and O–H groups in total. The first-order valence-corrected chi connectivity index (χ1v) is 17.3. The van der Waals surface area contributed by atoms with Crippen molar-refractivity contribution in [3.05, 3.63) is 23.3 Å². The molecule has 8 rings (SSSR count). The molecule has 6 aliphatic carbocycles. The minimum atomic E-state index is -1.75. The number of hydrogen-bond acceptors (Lipinski definition) is 8. The van der Waals surface area contributed by atoms with Gasteiger partial charge in [-0.3, -0.25) is 19.2 Å². The minimum Gasteiger partial charge on any atom is -0.292 e. The first kappa shape index (κ1) is 28.7. The average molecular weight is 641 g/mol. The summed E-state index contributed by atoms with van der Waals surface area (Å²) in [5, 5.41) is 1.08. The monoisotopic (exact) mass is 640 g/mol. The summed E-state index contributed by atoms with van der Waals surface area (Å²) in [6, 6.07) is 3.95. The van der Waals surface area contributed by atoms with E-state index in [1.807, 2.05) is 12.1 Å². The van der Waals surface area contributed by atoms with E-state index < -0.39 is 53.8 Å². The summed E-state index contributed by atoms with van der Waals surface area (Å²) in [4.78, 5) is 63.8. The molecule has 6 nitrogen and oxygen atoms in total. The maximum absolute atomic E-state index is 14.4. The second kappa shape index (κ2) is 10.1. The highest BCUT2D eigenvalue weighted by Gasteiger charge is 2.54. The van der Waals surface area contributed by atoms with E-state index in [1.165, 1.54) is 22.7 Å². The van der Waals surface area contributed by atoms with Crippen LogP contribution in [0, 0.1) is 29.6 Å². The number of nitrogens with zero attached hydrogens (tertiary/aromatic N) is 2. The van der Waals surface area contributed by atoms with Gasteiger partial charge in [0.1, 0.15) is 28.5 Å². The van der Waals surface area contributed by atoms with Crippen LogP contribution in [0.3, 0.4) is 0 Å². The lowest BCUT2D eigenvalue weighted by molar-refractivity contribution is -0.123. The fourth-order valence-electron chi connectivity index (χ4n) is 8.76. The topological polar surface area (TPSA) is 93.0 Å². The number of ketones is 4. The van der Waals surface area contributed by atoms with E-state index in [9.17, 15) is 32.3 Å². The zero-order chi connectivity index (χ0) is 30.7. The summed E-state index contributed by atoms with van der Waals surface area (Å²) in [7, 11) is 0. The van der Waals surface area contributed by atoms with Crippen LogP contribution in [0.4, 0.5) is 23.2 Å². The minimum absolute atomic E-state index is 0.0665. The summed E-state index contributed by atoms with van der Waals surface area (Å²) in [6.07, 6.45) is 0.227. The van der Waals surface area contributed by atoms with E-state index >= 15 is 0 Å². The molecular formula is C33H31F3N2O4S2. The molecule has 44 heavy (non-hydrogen) atoms. The van der Waals surface area contributed by atoms with Crippen LogP contribution in [0.25, 0.3) is 9.75 Å². The average Bonchev–Trinajstić information content (AvgIpc) is 3.77. The molecule has 8 atom stereocenters. The lowest BCUT2D eigenvalue weighted by Crippen LogP contribution is -2.35. The molecular weight excluding hydrogens is 610 g/mol. The van der Waals surface area contributed by atoms with Gasteiger partial charge in [-0.1, -0.05) is 26.2 Å². The number of aliphatic imine (C=N–C) groups is 2. The van der Waals surface area contributed by atoms with Crippen LogP contribution in [0.1, 0.15) is 75.8 Å². The molecule has 2 heterocycles. The maximum atomic E-state index is 14.4. The fourth-order valence-corrected chi connectivity index (χ4v) is 11.2. The predicted molar refractivity (Wildman–Crippen MR) is 162 cm³/mol. The second-order valence-electron chi connectivity index (χ2n) is 13.6. The number of carbonyl (C=O) groups is 4. The van der Waals surface area contributed by atoms with Crippen LogP contribution in [0.2, 0.25) is 0 Å². The van der Waals surface area contributed by atoms with Gasteiger partial charge in [-0.25, -0.2) is 23.2 Å². The number of thiophene rings is 2. The largest absolute Gasteiger partial charge is 0.292 e. The standard InChI is InChI=1S/C33H31F3N2O4S2/c1-13-7-14-15(8-20(13)34)28(40)25(27(14)39)37-23-11-18-31(43-23)32-19(33(18)5-3-2-4-6-33)12-24(44-32)38-26-29(41)16-9-21(35)22(36)10-17(16)30(26)42/h11-17,20-22H,2-10H2,1H3. The Balaban J connectivity index is 1.16. The Labute approximate surface area is 260 Å². The molecule has 6 aliphatic rings. The van der Waals surface area contributed by atoms with Crippen LogP contribution < -0.4 is 0 Å². The Bertz CT molecular complexity index is 1530. The van der Waals surface area contributed by atoms with Crippen molar-refractivity contribution in [2.24, 2.45) is 39.6 Å². The smallest absolute Gasteiger partial charge is 0.188 e. The Morgan fingerprint density at radius 1 is 0.636 bits per heavy atom. The summed E-state index contributed by atoms with van der Waals surface area (Å²) in [5.74, 6) is -4.72. The lowest BCUT2D eigenvalue weighted by Gasteiger charge is -2.34. The van der Waals surface area contributed by atoms with Crippen molar-refractivity contribution in [1.29, 1.82) is 0 Å². The number of halogens is 3. The van der Waals surface area contributed by atoms with Crippen molar-refractivity contribution in [1.82, 2.24) is 0 Å². The molecule has 11 heteroatoms. The van der Waals surface area contributed by atoms with Crippen molar-refractivity contribution >= 4 is 67.2 Å². The zero-order valence-corrected chi connectivity index (χ0v) is 25.7. The van der Waals surface area contributed by atoms with E-state index in [0.29, 0.717) is 16.4 Å². The SMILES string of the molecule is CC1CC2C(=O)C(=Nc3cc4c(s3)-c3sc(N=C5C(=O)C6CC(F)C(F)CC6C5=O)cc3C43CCCCC3)C(=O)C2CC1F. The number of hydrogen-bond donors (Lipinski definition) is 0. The van der Waals surface area contributed by atoms with Gasteiger partial charge in [0.05, 0.1) is 9.75 Å². The maximum Gasteiger partial charge on any atom is 0.188 e. The molecule has 2 aromatic heterocycles. The van der Waals surface area contributed by atoms with E-state index in [2.05, 4.69) is 9.98 Å². The van der Waals surface area contributed by atoms with E-state index in [1.54, 1.807) is 6.92 Å². The van der Waals surface area contributed by atoms with E-state index in [-0.39, 0.29) is 53.6 Å². The van der Waals surface area contributed by atoms with Crippen molar-refractivity contribution in [2.45, 2.75) is 88.6 Å². The zero-order valence-electron chi connectivity index (χ0n) is 24.1. The van der Waals surface area contributed by atoms with Gasteiger partial charge < -0.3 is 0 Å². The molecule has 2 aromatic rings. The summed E-state index contributed by atoms with van der Waals surface area (Å²) in [6.45, 7) is 1.78. The molecule has 8 unspecified atom stereocenters. The molecule has 230 valence electrons. The van der Waals surface area contributed by atoms with Gasteiger partial charge >= 0.3 is 0 Å². The summed E-state index contributed by atoms with van der Waals surface area (Å²) >= 11 is 2.79. The third-order valence-electron chi connectivity index (χ3n) is 11.2. The number of fused-ring (bicyclic) bond motifs is 7. The molecule has 0 aromatic carbocycles.